The lowest BCUT2D eigenvalue weighted by molar-refractivity contribution is 0.267. The summed E-state index contributed by atoms with van der Waals surface area (Å²) in [6.45, 7) is 16.8. The molecule has 1 atom stereocenters. The third-order valence-electron chi connectivity index (χ3n) is 5.25. The molecule has 0 aliphatic carbocycles. The van der Waals surface area contributed by atoms with Crippen LogP contribution in [0.1, 0.15) is 113 Å². The van der Waals surface area contributed by atoms with Gasteiger partial charge in [-0.25, -0.2) is 0 Å². The monoisotopic (exact) mass is 282 g/mol. The Bertz CT molecular complexity index is 224. The fourth-order valence-corrected chi connectivity index (χ4v) is 3.03. The Morgan fingerprint density at radius 1 is 0.700 bits per heavy atom. The molecule has 0 nitrogen and oxygen atoms in total. The van der Waals surface area contributed by atoms with E-state index in [4.69, 9.17) is 0 Å². The van der Waals surface area contributed by atoms with Gasteiger partial charge < -0.3 is 0 Å². The molecule has 0 aliphatic heterocycles. The molecular weight excluding hydrogens is 240 g/mol. The van der Waals surface area contributed by atoms with Crippen molar-refractivity contribution in [3.8, 4) is 0 Å². The van der Waals surface area contributed by atoms with Gasteiger partial charge in [-0.1, -0.05) is 93.4 Å². The van der Waals surface area contributed by atoms with E-state index in [0.717, 1.165) is 5.92 Å². The Morgan fingerprint density at radius 2 is 1.35 bits per heavy atom. The van der Waals surface area contributed by atoms with Gasteiger partial charge in [0.05, 0.1) is 0 Å². The van der Waals surface area contributed by atoms with Crippen molar-refractivity contribution in [2.24, 2.45) is 16.7 Å². The second-order valence-corrected chi connectivity index (χ2v) is 8.68. The molecule has 0 fully saturated rings. The minimum Gasteiger partial charge on any atom is -0.0654 e. The predicted octanol–water partition coefficient (Wildman–Crippen LogP) is 7.62. The molecule has 0 N–H and O–H groups in total. The van der Waals surface area contributed by atoms with Gasteiger partial charge in [-0.05, 0) is 36.0 Å². The highest BCUT2D eigenvalue weighted by atomic mass is 14.2. The van der Waals surface area contributed by atoms with Crippen LogP contribution in [-0.4, -0.2) is 0 Å². The van der Waals surface area contributed by atoms with Gasteiger partial charge in [0.25, 0.3) is 0 Å². The summed E-state index contributed by atoms with van der Waals surface area (Å²) < 4.78 is 0. The standard InChI is InChI=1S/C20H42/c1-8-15-20(6,7)17-14-18(3)13-11-10-12-16-19(4,5)9-2/h18H,8-17H2,1-7H3. The molecule has 0 aromatic heterocycles. The number of unbranched alkanes of at least 4 members (excludes halogenated alkanes) is 2. The topological polar surface area (TPSA) is 0 Å². The first-order chi connectivity index (χ1) is 9.22. The van der Waals surface area contributed by atoms with Crippen LogP contribution in [0.5, 0.6) is 0 Å². The lowest BCUT2D eigenvalue weighted by Crippen LogP contribution is -2.12. The molecule has 0 heterocycles. The maximum absolute atomic E-state index is 2.46. The highest BCUT2D eigenvalue weighted by Crippen LogP contribution is 2.31. The third-order valence-corrected chi connectivity index (χ3v) is 5.25. The molecule has 122 valence electrons. The Labute approximate surface area is 130 Å². The maximum Gasteiger partial charge on any atom is -0.0354 e. The fourth-order valence-electron chi connectivity index (χ4n) is 3.03. The molecule has 20 heavy (non-hydrogen) atoms. The molecule has 0 radical (unpaired) electrons. The molecule has 0 heteroatoms. The lowest BCUT2D eigenvalue weighted by Gasteiger charge is -2.26. The van der Waals surface area contributed by atoms with Gasteiger partial charge in [-0.2, -0.15) is 0 Å². The van der Waals surface area contributed by atoms with Gasteiger partial charge >= 0.3 is 0 Å². The summed E-state index contributed by atoms with van der Waals surface area (Å²) in [7, 11) is 0. The summed E-state index contributed by atoms with van der Waals surface area (Å²) in [5.41, 5.74) is 1.13. The van der Waals surface area contributed by atoms with Crippen LogP contribution in [0.25, 0.3) is 0 Å². The van der Waals surface area contributed by atoms with E-state index in [1.807, 2.05) is 0 Å². The van der Waals surface area contributed by atoms with Crippen LogP contribution in [0.3, 0.4) is 0 Å². The van der Waals surface area contributed by atoms with Gasteiger partial charge in [0, 0.05) is 0 Å². The number of rotatable bonds is 12. The second-order valence-electron chi connectivity index (χ2n) is 8.68. The lowest BCUT2D eigenvalue weighted by atomic mass is 9.80. The van der Waals surface area contributed by atoms with E-state index < -0.39 is 0 Å². The van der Waals surface area contributed by atoms with Gasteiger partial charge in [-0.3, -0.25) is 0 Å². The largest absolute Gasteiger partial charge is 0.0654 e. The van der Waals surface area contributed by atoms with E-state index in [1.165, 1.54) is 64.2 Å². The predicted molar refractivity (Wildman–Crippen MR) is 94.2 cm³/mol. The molecule has 0 saturated carbocycles. The van der Waals surface area contributed by atoms with E-state index in [2.05, 4.69) is 48.5 Å². The molecule has 1 unspecified atom stereocenters. The van der Waals surface area contributed by atoms with E-state index in [0.29, 0.717) is 10.8 Å². The molecule has 0 rings (SSSR count). The van der Waals surface area contributed by atoms with Gasteiger partial charge in [0.1, 0.15) is 0 Å². The van der Waals surface area contributed by atoms with Crippen molar-refractivity contribution >= 4 is 0 Å². The third kappa shape index (κ3) is 10.7. The quantitative estimate of drug-likeness (QED) is 0.323. The maximum atomic E-state index is 2.46. The molecule has 0 saturated heterocycles. The summed E-state index contributed by atoms with van der Waals surface area (Å²) >= 11 is 0. The summed E-state index contributed by atoms with van der Waals surface area (Å²) in [6.07, 6.45) is 14.0. The van der Waals surface area contributed by atoms with Crippen molar-refractivity contribution in [1.82, 2.24) is 0 Å². The van der Waals surface area contributed by atoms with Gasteiger partial charge in [-0.15, -0.1) is 0 Å². The number of hydrogen-bond donors (Lipinski definition) is 0. The van der Waals surface area contributed by atoms with Crippen molar-refractivity contribution in [2.45, 2.75) is 113 Å². The van der Waals surface area contributed by atoms with Crippen molar-refractivity contribution in [3.63, 3.8) is 0 Å². The van der Waals surface area contributed by atoms with Gasteiger partial charge in [0.15, 0.2) is 0 Å². The van der Waals surface area contributed by atoms with Crippen LogP contribution in [-0.2, 0) is 0 Å². The first-order valence-corrected chi connectivity index (χ1v) is 9.22. The Balaban J connectivity index is 3.62. The first-order valence-electron chi connectivity index (χ1n) is 9.22. The summed E-state index contributed by atoms with van der Waals surface area (Å²) in [6, 6.07) is 0. The summed E-state index contributed by atoms with van der Waals surface area (Å²) in [5.74, 6) is 0.922. The summed E-state index contributed by atoms with van der Waals surface area (Å²) in [5, 5.41) is 0. The van der Waals surface area contributed by atoms with E-state index in [9.17, 15) is 0 Å². The van der Waals surface area contributed by atoms with E-state index in [-0.39, 0.29) is 0 Å². The van der Waals surface area contributed by atoms with Gasteiger partial charge in [0.2, 0.25) is 0 Å². The van der Waals surface area contributed by atoms with Crippen LogP contribution in [0.4, 0.5) is 0 Å². The van der Waals surface area contributed by atoms with Crippen molar-refractivity contribution in [1.29, 1.82) is 0 Å². The zero-order valence-electron chi connectivity index (χ0n) is 15.6. The van der Waals surface area contributed by atoms with E-state index in [1.54, 1.807) is 0 Å². The van der Waals surface area contributed by atoms with Crippen LogP contribution in [0.15, 0.2) is 0 Å². The summed E-state index contributed by atoms with van der Waals surface area (Å²) in [4.78, 5) is 0. The highest BCUT2D eigenvalue weighted by Gasteiger charge is 2.18. The molecule has 0 amide bonds. The average molecular weight is 283 g/mol. The molecular formula is C20H42. The molecule has 0 aliphatic rings. The molecule has 0 aromatic carbocycles. The van der Waals surface area contributed by atoms with Crippen molar-refractivity contribution < 1.29 is 0 Å². The Hall–Kier alpha value is 0. The minimum atomic E-state index is 0.564. The fraction of sp³-hybridized carbons (Fsp3) is 1.00. The minimum absolute atomic E-state index is 0.564. The molecule has 0 spiro atoms. The van der Waals surface area contributed by atoms with Crippen LogP contribution in [0.2, 0.25) is 0 Å². The average Bonchev–Trinajstić information content (AvgIpc) is 2.36. The molecule has 0 bridgehead atoms. The zero-order valence-corrected chi connectivity index (χ0v) is 15.6. The van der Waals surface area contributed by atoms with Crippen molar-refractivity contribution in [2.75, 3.05) is 0 Å². The SMILES string of the molecule is CCCC(C)(C)CCC(C)CCCCCC(C)(C)CC. The van der Waals surface area contributed by atoms with Crippen LogP contribution < -0.4 is 0 Å². The Kier molecular flexibility index (Phi) is 9.85. The zero-order chi connectivity index (χ0) is 15.6. The second kappa shape index (κ2) is 9.85. The van der Waals surface area contributed by atoms with Crippen LogP contribution in [0, 0.1) is 16.7 Å². The normalized spacial score (nSPS) is 14.6. The van der Waals surface area contributed by atoms with Crippen molar-refractivity contribution in [3.05, 3.63) is 0 Å². The first kappa shape index (κ1) is 20.0. The van der Waals surface area contributed by atoms with E-state index >= 15 is 0 Å². The molecule has 0 aromatic rings. The smallest absolute Gasteiger partial charge is 0.0354 e. The Morgan fingerprint density at radius 3 is 1.90 bits per heavy atom. The highest BCUT2D eigenvalue weighted by molar-refractivity contribution is 4.70. The number of hydrogen-bond acceptors (Lipinski definition) is 0. The van der Waals surface area contributed by atoms with Crippen LogP contribution >= 0.6 is 0 Å².